The van der Waals surface area contributed by atoms with Crippen LogP contribution in [0.5, 0.6) is 0 Å². The quantitative estimate of drug-likeness (QED) is 0.657. The first-order chi connectivity index (χ1) is 8.81. The van der Waals surface area contributed by atoms with E-state index in [1.165, 1.54) is 0 Å². The third-order valence-corrected chi connectivity index (χ3v) is 3.55. The molecule has 2 aromatic heterocycles. The van der Waals surface area contributed by atoms with E-state index in [0.29, 0.717) is 0 Å². The number of aromatic nitrogens is 3. The highest BCUT2D eigenvalue weighted by Gasteiger charge is 2.13. The van der Waals surface area contributed by atoms with Crippen molar-refractivity contribution in [2.24, 2.45) is 0 Å². The molecule has 0 saturated carbocycles. The molecule has 0 aliphatic carbocycles. The van der Waals surface area contributed by atoms with Crippen molar-refractivity contribution in [1.29, 1.82) is 0 Å². The van der Waals surface area contributed by atoms with Gasteiger partial charge in [-0.25, -0.2) is 9.97 Å². The van der Waals surface area contributed by atoms with Gasteiger partial charge in [-0.15, -0.1) is 0 Å². The van der Waals surface area contributed by atoms with Crippen LogP contribution in [-0.4, -0.2) is 20.8 Å². The van der Waals surface area contributed by atoms with Crippen LogP contribution in [0.2, 0.25) is 0 Å². The Morgan fingerprint density at radius 2 is 1.94 bits per heavy atom. The Balaban J connectivity index is 2.37. The van der Waals surface area contributed by atoms with Gasteiger partial charge in [0.05, 0.1) is 11.0 Å². The van der Waals surface area contributed by atoms with Crippen LogP contribution < -0.4 is 0 Å². The van der Waals surface area contributed by atoms with Gasteiger partial charge in [-0.3, -0.25) is 4.57 Å². The second-order valence-electron chi connectivity index (χ2n) is 4.07. The zero-order valence-electron chi connectivity index (χ0n) is 10.3. The minimum Gasteiger partial charge on any atom is -0.271 e. The van der Waals surface area contributed by atoms with Crippen molar-refractivity contribution in [3.05, 3.63) is 48.2 Å². The molecule has 0 amide bonds. The molecule has 0 saturated heterocycles. The van der Waals surface area contributed by atoms with E-state index in [-0.39, 0.29) is 0 Å². The summed E-state index contributed by atoms with van der Waals surface area (Å²) in [4.78, 5) is 9.12. The van der Waals surface area contributed by atoms with Crippen LogP contribution in [0.25, 0.3) is 16.9 Å². The van der Waals surface area contributed by atoms with Gasteiger partial charge < -0.3 is 0 Å². The Labute approximate surface area is 110 Å². The molecule has 90 valence electrons. The summed E-state index contributed by atoms with van der Waals surface area (Å²) < 4.78 is 2.12. The third kappa shape index (κ3) is 1.69. The second-order valence-corrected chi connectivity index (χ2v) is 4.84. The summed E-state index contributed by atoms with van der Waals surface area (Å²) in [6, 6.07) is 12.2. The van der Waals surface area contributed by atoms with Crippen LogP contribution in [-0.2, 0) is 0 Å². The molecule has 0 aliphatic rings. The lowest BCUT2D eigenvalue weighted by Crippen LogP contribution is -2.01. The minimum absolute atomic E-state index is 0.954. The van der Waals surface area contributed by atoms with E-state index < -0.39 is 0 Å². The Kier molecular flexibility index (Phi) is 2.80. The summed E-state index contributed by atoms with van der Waals surface area (Å²) in [5, 5.41) is 0.970. The van der Waals surface area contributed by atoms with E-state index in [2.05, 4.69) is 33.6 Å². The molecule has 2 heterocycles. The number of nitrogens with zero attached hydrogens (tertiary/aromatic N) is 3. The van der Waals surface area contributed by atoms with Gasteiger partial charge in [0, 0.05) is 6.20 Å². The van der Waals surface area contributed by atoms with Crippen molar-refractivity contribution in [1.82, 2.24) is 14.5 Å². The maximum atomic E-state index is 4.63. The number of benzene rings is 1. The Hall–Kier alpha value is -1.81. The lowest BCUT2D eigenvalue weighted by molar-refractivity contribution is 0.879. The normalized spacial score (nSPS) is 11.0. The van der Waals surface area contributed by atoms with Crippen molar-refractivity contribution >= 4 is 22.8 Å². The summed E-state index contributed by atoms with van der Waals surface area (Å²) in [5.74, 6) is 0.954. The van der Waals surface area contributed by atoms with Crippen LogP contribution in [0, 0.1) is 6.92 Å². The molecular formula is C14H13N3S. The predicted octanol–water partition coefficient (Wildman–Crippen LogP) is 3.45. The zero-order chi connectivity index (χ0) is 12.5. The van der Waals surface area contributed by atoms with Gasteiger partial charge >= 0.3 is 0 Å². The van der Waals surface area contributed by atoms with E-state index in [1.807, 2.05) is 36.7 Å². The average molecular weight is 255 g/mol. The lowest BCUT2D eigenvalue weighted by atomic mass is 10.2. The fourth-order valence-corrected chi connectivity index (χ4v) is 2.61. The second kappa shape index (κ2) is 4.46. The van der Waals surface area contributed by atoms with Crippen molar-refractivity contribution in [3.63, 3.8) is 0 Å². The van der Waals surface area contributed by atoms with Gasteiger partial charge in [0.15, 0.2) is 5.16 Å². The van der Waals surface area contributed by atoms with Gasteiger partial charge in [0.25, 0.3) is 0 Å². The summed E-state index contributed by atoms with van der Waals surface area (Å²) in [6.45, 7) is 2.07. The van der Waals surface area contributed by atoms with Gasteiger partial charge in [0.1, 0.15) is 5.82 Å². The highest BCUT2D eigenvalue weighted by atomic mass is 32.2. The number of thioether (sulfide) groups is 1. The number of fused-ring (bicyclic) bond motifs is 1. The van der Waals surface area contributed by atoms with Crippen LogP contribution in [0.15, 0.2) is 47.8 Å². The molecule has 0 bridgehead atoms. The number of aryl methyl sites for hydroxylation is 1. The average Bonchev–Trinajstić information content (AvgIpc) is 2.78. The van der Waals surface area contributed by atoms with Crippen molar-refractivity contribution in [2.75, 3.05) is 6.26 Å². The molecule has 3 rings (SSSR count). The minimum atomic E-state index is 0.954. The largest absolute Gasteiger partial charge is 0.271 e. The molecule has 0 atom stereocenters. The number of imidazole rings is 1. The molecule has 3 nitrogen and oxygen atoms in total. The molecule has 1 aromatic carbocycles. The van der Waals surface area contributed by atoms with Crippen LogP contribution >= 0.6 is 11.8 Å². The molecule has 4 heteroatoms. The molecule has 18 heavy (non-hydrogen) atoms. The van der Waals surface area contributed by atoms with E-state index in [9.17, 15) is 0 Å². The SMILES string of the molecule is CSc1nc2ccccc2n1-c1ncccc1C. The van der Waals surface area contributed by atoms with Crippen LogP contribution in [0.1, 0.15) is 5.56 Å². The summed E-state index contributed by atoms with van der Waals surface area (Å²) in [6.07, 6.45) is 3.86. The van der Waals surface area contributed by atoms with Crippen molar-refractivity contribution in [2.45, 2.75) is 12.1 Å². The van der Waals surface area contributed by atoms with Crippen LogP contribution in [0.4, 0.5) is 0 Å². The fraction of sp³-hybridized carbons (Fsp3) is 0.143. The van der Waals surface area contributed by atoms with Crippen molar-refractivity contribution < 1.29 is 0 Å². The Morgan fingerprint density at radius 3 is 2.72 bits per heavy atom. The molecule has 0 N–H and O–H groups in total. The predicted molar refractivity (Wildman–Crippen MR) is 75.4 cm³/mol. The van der Waals surface area contributed by atoms with Gasteiger partial charge in [-0.2, -0.15) is 0 Å². The zero-order valence-corrected chi connectivity index (χ0v) is 11.1. The molecular weight excluding hydrogens is 242 g/mol. The lowest BCUT2D eigenvalue weighted by Gasteiger charge is -2.09. The number of hydrogen-bond acceptors (Lipinski definition) is 3. The first kappa shape index (κ1) is 11.3. The summed E-state index contributed by atoms with van der Waals surface area (Å²) >= 11 is 1.64. The Bertz CT molecular complexity index is 703. The van der Waals surface area contributed by atoms with Crippen molar-refractivity contribution in [3.8, 4) is 5.82 Å². The van der Waals surface area contributed by atoms with E-state index in [1.54, 1.807) is 11.8 Å². The number of hydrogen-bond donors (Lipinski definition) is 0. The number of rotatable bonds is 2. The fourth-order valence-electron chi connectivity index (χ4n) is 2.06. The molecule has 0 radical (unpaired) electrons. The Morgan fingerprint density at radius 1 is 1.11 bits per heavy atom. The first-order valence-electron chi connectivity index (χ1n) is 5.74. The highest BCUT2D eigenvalue weighted by Crippen LogP contribution is 2.26. The maximum absolute atomic E-state index is 4.63. The number of pyridine rings is 1. The standard InChI is InChI=1S/C14H13N3S/c1-10-6-5-9-15-13(10)17-12-8-4-3-7-11(12)16-14(17)18-2/h3-9H,1-2H3. The highest BCUT2D eigenvalue weighted by molar-refractivity contribution is 7.98. The topological polar surface area (TPSA) is 30.7 Å². The summed E-state index contributed by atoms with van der Waals surface area (Å²) in [7, 11) is 0. The summed E-state index contributed by atoms with van der Waals surface area (Å²) in [5.41, 5.74) is 3.26. The first-order valence-corrected chi connectivity index (χ1v) is 6.97. The van der Waals surface area contributed by atoms with Gasteiger partial charge in [-0.05, 0) is 36.9 Å². The van der Waals surface area contributed by atoms with E-state index >= 15 is 0 Å². The molecule has 0 fully saturated rings. The smallest absolute Gasteiger partial charge is 0.174 e. The molecule has 3 aromatic rings. The third-order valence-electron chi connectivity index (χ3n) is 2.91. The molecule has 0 unspecified atom stereocenters. The van der Waals surface area contributed by atoms with E-state index in [4.69, 9.17) is 0 Å². The molecule has 0 spiro atoms. The van der Waals surface area contributed by atoms with Gasteiger partial charge in [0.2, 0.25) is 0 Å². The number of para-hydroxylation sites is 2. The van der Waals surface area contributed by atoms with Gasteiger partial charge in [-0.1, -0.05) is 30.0 Å². The van der Waals surface area contributed by atoms with E-state index in [0.717, 1.165) is 27.6 Å². The maximum Gasteiger partial charge on any atom is 0.174 e. The molecule has 0 aliphatic heterocycles. The monoisotopic (exact) mass is 255 g/mol. The van der Waals surface area contributed by atoms with Crippen LogP contribution in [0.3, 0.4) is 0 Å².